The van der Waals surface area contributed by atoms with Gasteiger partial charge >= 0.3 is 0 Å². The summed E-state index contributed by atoms with van der Waals surface area (Å²) in [5, 5.41) is 3.70. The highest BCUT2D eigenvalue weighted by atomic mass is 32.2. The second kappa shape index (κ2) is 6.09. The van der Waals surface area contributed by atoms with Crippen LogP contribution in [-0.2, 0) is 10.5 Å². The van der Waals surface area contributed by atoms with Crippen molar-refractivity contribution >= 4 is 11.8 Å². The van der Waals surface area contributed by atoms with E-state index < -0.39 is 0 Å². The molecule has 1 N–H and O–H groups in total. The molecule has 98 valence electrons. The van der Waals surface area contributed by atoms with E-state index in [0.29, 0.717) is 12.1 Å². The molecule has 2 aliphatic rings. The highest BCUT2D eigenvalue weighted by Gasteiger charge is 2.21. The maximum Gasteiger partial charge on any atom is 0.0699 e. The predicted octanol–water partition coefficient (Wildman–Crippen LogP) is 3.13. The second-order valence-electron chi connectivity index (χ2n) is 5.16. The molecule has 0 radical (unpaired) electrons. The SMILES string of the molecule is c1ccc2c(c1)CSCC2NCC1CCCCO1. The van der Waals surface area contributed by atoms with Crippen molar-refractivity contribution in [2.24, 2.45) is 0 Å². The van der Waals surface area contributed by atoms with Gasteiger partial charge < -0.3 is 10.1 Å². The van der Waals surface area contributed by atoms with Crippen LogP contribution in [0.5, 0.6) is 0 Å². The van der Waals surface area contributed by atoms with Crippen LogP contribution in [0, 0.1) is 0 Å². The van der Waals surface area contributed by atoms with Crippen LogP contribution in [-0.4, -0.2) is 25.0 Å². The van der Waals surface area contributed by atoms with Gasteiger partial charge in [0, 0.05) is 30.7 Å². The van der Waals surface area contributed by atoms with Crippen molar-refractivity contribution < 1.29 is 4.74 Å². The van der Waals surface area contributed by atoms with E-state index in [1.807, 2.05) is 11.8 Å². The number of fused-ring (bicyclic) bond motifs is 1. The van der Waals surface area contributed by atoms with Crippen molar-refractivity contribution in [3.05, 3.63) is 35.4 Å². The summed E-state index contributed by atoms with van der Waals surface area (Å²) in [6.45, 7) is 1.95. The lowest BCUT2D eigenvalue weighted by Gasteiger charge is -2.29. The van der Waals surface area contributed by atoms with Crippen molar-refractivity contribution in [2.75, 3.05) is 18.9 Å². The third-order valence-corrected chi connectivity index (χ3v) is 4.92. The van der Waals surface area contributed by atoms with Crippen LogP contribution in [0.2, 0.25) is 0 Å². The molecule has 0 bridgehead atoms. The Bertz CT molecular complexity index is 390. The van der Waals surface area contributed by atoms with Crippen molar-refractivity contribution in [3.8, 4) is 0 Å². The van der Waals surface area contributed by atoms with E-state index in [9.17, 15) is 0 Å². The zero-order chi connectivity index (χ0) is 12.2. The molecule has 1 fully saturated rings. The van der Waals surface area contributed by atoms with E-state index >= 15 is 0 Å². The molecule has 1 aromatic rings. The molecule has 2 nitrogen and oxygen atoms in total. The summed E-state index contributed by atoms with van der Waals surface area (Å²) in [6.07, 6.45) is 4.20. The molecular formula is C15H21NOS. The first-order valence-electron chi connectivity index (χ1n) is 6.94. The lowest BCUT2D eigenvalue weighted by molar-refractivity contribution is 0.0157. The molecule has 0 saturated carbocycles. The van der Waals surface area contributed by atoms with Gasteiger partial charge in [0.05, 0.1) is 6.10 Å². The Morgan fingerprint density at radius 1 is 1.28 bits per heavy atom. The van der Waals surface area contributed by atoms with E-state index in [0.717, 1.165) is 18.9 Å². The number of thioether (sulfide) groups is 1. The molecular weight excluding hydrogens is 242 g/mol. The first kappa shape index (κ1) is 12.5. The summed E-state index contributed by atoms with van der Waals surface area (Å²) in [6, 6.07) is 9.33. The van der Waals surface area contributed by atoms with Crippen LogP contribution >= 0.6 is 11.8 Å². The van der Waals surface area contributed by atoms with Crippen LogP contribution < -0.4 is 5.32 Å². The Morgan fingerprint density at radius 3 is 3.11 bits per heavy atom. The van der Waals surface area contributed by atoms with Crippen LogP contribution in [0.4, 0.5) is 0 Å². The predicted molar refractivity (Wildman–Crippen MR) is 76.9 cm³/mol. The standard InChI is InChI=1S/C15H21NOS/c1-2-7-14-12(5-1)10-18-11-15(14)16-9-13-6-3-4-8-17-13/h1-2,5,7,13,15-16H,3-4,6,8-11H2. The molecule has 0 amide bonds. The van der Waals surface area contributed by atoms with Crippen molar-refractivity contribution in [1.29, 1.82) is 0 Å². The zero-order valence-electron chi connectivity index (χ0n) is 10.7. The average molecular weight is 263 g/mol. The number of hydrogen-bond donors (Lipinski definition) is 1. The maximum atomic E-state index is 5.79. The number of rotatable bonds is 3. The van der Waals surface area contributed by atoms with Gasteiger partial charge in [-0.2, -0.15) is 11.8 Å². The molecule has 1 aromatic carbocycles. The summed E-state index contributed by atoms with van der Waals surface area (Å²) >= 11 is 2.03. The Kier molecular flexibility index (Phi) is 4.24. The third kappa shape index (κ3) is 2.90. The molecule has 2 unspecified atom stereocenters. The van der Waals surface area contributed by atoms with E-state index in [4.69, 9.17) is 4.74 Å². The Hall–Kier alpha value is -0.510. The first-order chi connectivity index (χ1) is 8.93. The number of ether oxygens (including phenoxy) is 1. The van der Waals surface area contributed by atoms with Crippen LogP contribution in [0.1, 0.15) is 36.4 Å². The first-order valence-corrected chi connectivity index (χ1v) is 8.09. The van der Waals surface area contributed by atoms with Gasteiger partial charge in [-0.1, -0.05) is 24.3 Å². The summed E-state index contributed by atoms with van der Waals surface area (Å²) < 4.78 is 5.79. The quantitative estimate of drug-likeness (QED) is 0.905. The number of nitrogens with one attached hydrogen (secondary N) is 1. The van der Waals surface area contributed by atoms with Gasteiger partial charge in [0.1, 0.15) is 0 Å². The maximum absolute atomic E-state index is 5.79. The molecule has 2 aliphatic heterocycles. The number of benzene rings is 1. The average Bonchev–Trinajstić information content (AvgIpc) is 2.46. The minimum Gasteiger partial charge on any atom is -0.377 e. The number of hydrogen-bond acceptors (Lipinski definition) is 3. The van der Waals surface area contributed by atoms with E-state index in [-0.39, 0.29) is 0 Å². The van der Waals surface area contributed by atoms with E-state index in [1.165, 1.54) is 36.1 Å². The fourth-order valence-corrected chi connectivity index (χ4v) is 3.93. The molecule has 3 rings (SSSR count). The monoisotopic (exact) mass is 263 g/mol. The fraction of sp³-hybridized carbons (Fsp3) is 0.600. The van der Waals surface area contributed by atoms with Gasteiger partial charge in [-0.3, -0.25) is 0 Å². The molecule has 0 spiro atoms. The minimum atomic E-state index is 0.429. The van der Waals surface area contributed by atoms with Gasteiger partial charge in [-0.15, -0.1) is 0 Å². The summed E-state index contributed by atoms with van der Waals surface area (Å²) in [7, 11) is 0. The minimum absolute atomic E-state index is 0.429. The van der Waals surface area contributed by atoms with E-state index in [1.54, 1.807) is 0 Å². The summed E-state index contributed by atoms with van der Waals surface area (Å²) in [4.78, 5) is 0. The lowest BCUT2D eigenvalue weighted by Crippen LogP contribution is -2.36. The molecule has 3 heteroatoms. The molecule has 0 aromatic heterocycles. The third-order valence-electron chi connectivity index (χ3n) is 3.84. The second-order valence-corrected chi connectivity index (χ2v) is 6.19. The Labute approximate surface area is 113 Å². The molecule has 2 heterocycles. The highest BCUT2D eigenvalue weighted by molar-refractivity contribution is 7.98. The largest absolute Gasteiger partial charge is 0.377 e. The van der Waals surface area contributed by atoms with Crippen molar-refractivity contribution in [1.82, 2.24) is 5.32 Å². The van der Waals surface area contributed by atoms with Gasteiger partial charge in [0.25, 0.3) is 0 Å². The van der Waals surface area contributed by atoms with Gasteiger partial charge in [0.2, 0.25) is 0 Å². The van der Waals surface area contributed by atoms with Crippen LogP contribution in [0.3, 0.4) is 0 Å². The lowest BCUT2D eigenvalue weighted by atomic mass is 10.0. The molecule has 2 atom stereocenters. The smallest absolute Gasteiger partial charge is 0.0699 e. The normalized spacial score (nSPS) is 27.8. The molecule has 1 saturated heterocycles. The Morgan fingerprint density at radius 2 is 2.22 bits per heavy atom. The van der Waals surface area contributed by atoms with Crippen molar-refractivity contribution in [2.45, 2.75) is 37.2 Å². The zero-order valence-corrected chi connectivity index (χ0v) is 11.5. The van der Waals surface area contributed by atoms with Gasteiger partial charge in [0.15, 0.2) is 0 Å². The fourth-order valence-electron chi connectivity index (χ4n) is 2.79. The highest BCUT2D eigenvalue weighted by Crippen LogP contribution is 2.31. The van der Waals surface area contributed by atoms with Crippen molar-refractivity contribution in [3.63, 3.8) is 0 Å². The van der Waals surface area contributed by atoms with Gasteiger partial charge in [-0.05, 0) is 30.4 Å². The topological polar surface area (TPSA) is 21.3 Å². The van der Waals surface area contributed by atoms with Gasteiger partial charge in [-0.25, -0.2) is 0 Å². The summed E-state index contributed by atoms with van der Waals surface area (Å²) in [5.74, 6) is 2.35. The van der Waals surface area contributed by atoms with Crippen LogP contribution in [0.15, 0.2) is 24.3 Å². The Balaban J connectivity index is 1.60. The van der Waals surface area contributed by atoms with Crippen LogP contribution in [0.25, 0.3) is 0 Å². The molecule has 18 heavy (non-hydrogen) atoms. The summed E-state index contributed by atoms with van der Waals surface area (Å²) in [5.41, 5.74) is 2.99. The molecule has 0 aliphatic carbocycles. The van der Waals surface area contributed by atoms with E-state index in [2.05, 4.69) is 29.6 Å².